The normalized spacial score (nSPS) is 10.4. The van der Waals surface area contributed by atoms with E-state index in [1.54, 1.807) is 6.20 Å². The van der Waals surface area contributed by atoms with Crippen molar-refractivity contribution in [3.63, 3.8) is 0 Å². The molecule has 2 rings (SSSR count). The number of thiazole rings is 1. The molecule has 0 aliphatic rings. The van der Waals surface area contributed by atoms with Gasteiger partial charge in [-0.15, -0.1) is 0 Å². The van der Waals surface area contributed by atoms with Crippen LogP contribution in [-0.4, -0.2) is 32.4 Å². The third-order valence-electron chi connectivity index (χ3n) is 2.10. The van der Waals surface area contributed by atoms with Crippen molar-refractivity contribution in [2.75, 3.05) is 11.9 Å². The fourth-order valence-corrected chi connectivity index (χ4v) is 2.00. The average Bonchev–Trinajstić information content (AvgIpc) is 2.88. The highest BCUT2D eigenvalue weighted by Gasteiger charge is 2.07. The summed E-state index contributed by atoms with van der Waals surface area (Å²) in [6, 6.07) is 0. The van der Waals surface area contributed by atoms with Gasteiger partial charge in [-0.1, -0.05) is 11.3 Å². The second kappa shape index (κ2) is 4.96. The first-order valence-electron chi connectivity index (χ1n) is 5.07. The number of aromatic nitrogens is 3. The summed E-state index contributed by atoms with van der Waals surface area (Å²) in [5, 5.41) is 16.6. The molecule has 6 nitrogen and oxygen atoms in total. The Kier molecular flexibility index (Phi) is 3.38. The molecule has 17 heavy (non-hydrogen) atoms. The van der Waals surface area contributed by atoms with Crippen molar-refractivity contribution in [3.05, 3.63) is 29.0 Å². The molecule has 0 atom stereocenters. The summed E-state index contributed by atoms with van der Waals surface area (Å²) in [6.07, 6.45) is 5.10. The molecule has 0 aliphatic carbocycles. The van der Waals surface area contributed by atoms with Crippen molar-refractivity contribution in [1.29, 1.82) is 0 Å². The Hall–Kier alpha value is -1.89. The summed E-state index contributed by atoms with van der Waals surface area (Å²) < 4.78 is 1.83. The van der Waals surface area contributed by atoms with Crippen LogP contribution in [-0.2, 0) is 6.54 Å². The SMILES string of the molecule is Cc1cnn(CCNc2ncc(C(=O)O)s2)c1. The van der Waals surface area contributed by atoms with Gasteiger partial charge in [0.15, 0.2) is 5.13 Å². The first-order valence-corrected chi connectivity index (χ1v) is 5.89. The Bertz CT molecular complexity index is 520. The lowest BCUT2D eigenvalue weighted by Crippen LogP contribution is -2.10. The lowest BCUT2D eigenvalue weighted by Gasteiger charge is -2.02. The standard InChI is InChI=1S/C10H12N4O2S/c1-7-4-13-14(6-7)3-2-11-10-12-5-8(17-10)9(15)16/h4-6H,2-3H2,1H3,(H,11,12)(H,15,16). The minimum absolute atomic E-state index is 0.238. The summed E-state index contributed by atoms with van der Waals surface area (Å²) in [5.74, 6) is -0.946. The Labute approximate surface area is 102 Å². The third-order valence-corrected chi connectivity index (χ3v) is 3.04. The molecule has 0 saturated heterocycles. The minimum Gasteiger partial charge on any atom is -0.477 e. The Morgan fingerprint density at radius 2 is 2.41 bits per heavy atom. The van der Waals surface area contributed by atoms with Gasteiger partial charge in [0.25, 0.3) is 0 Å². The molecule has 90 valence electrons. The van der Waals surface area contributed by atoms with E-state index >= 15 is 0 Å². The fourth-order valence-electron chi connectivity index (χ4n) is 1.32. The molecule has 0 aliphatic heterocycles. The molecule has 0 unspecified atom stereocenters. The van der Waals surface area contributed by atoms with Crippen LogP contribution >= 0.6 is 11.3 Å². The third kappa shape index (κ3) is 3.04. The minimum atomic E-state index is -0.946. The number of nitrogens with zero attached hydrogens (tertiary/aromatic N) is 3. The monoisotopic (exact) mass is 252 g/mol. The van der Waals surface area contributed by atoms with Crippen molar-refractivity contribution in [1.82, 2.24) is 14.8 Å². The van der Waals surface area contributed by atoms with Crippen molar-refractivity contribution in [3.8, 4) is 0 Å². The lowest BCUT2D eigenvalue weighted by atomic mass is 10.4. The van der Waals surface area contributed by atoms with E-state index in [9.17, 15) is 4.79 Å². The molecular weight excluding hydrogens is 240 g/mol. The number of carboxylic acid groups (broad SMARTS) is 1. The molecular formula is C10H12N4O2S. The second-order valence-electron chi connectivity index (χ2n) is 3.54. The van der Waals surface area contributed by atoms with Gasteiger partial charge in [0.2, 0.25) is 0 Å². The van der Waals surface area contributed by atoms with Gasteiger partial charge in [0.1, 0.15) is 4.88 Å². The van der Waals surface area contributed by atoms with Crippen LogP contribution in [0.2, 0.25) is 0 Å². The highest BCUT2D eigenvalue weighted by molar-refractivity contribution is 7.17. The van der Waals surface area contributed by atoms with Gasteiger partial charge in [-0.25, -0.2) is 9.78 Å². The fraction of sp³-hybridized carbons (Fsp3) is 0.300. The molecule has 2 heterocycles. The number of rotatable bonds is 5. The largest absolute Gasteiger partial charge is 0.477 e. The molecule has 2 aromatic rings. The van der Waals surface area contributed by atoms with Crippen LogP contribution < -0.4 is 5.32 Å². The van der Waals surface area contributed by atoms with Crippen LogP contribution in [0.25, 0.3) is 0 Å². The zero-order valence-electron chi connectivity index (χ0n) is 9.25. The summed E-state index contributed by atoms with van der Waals surface area (Å²) in [5.41, 5.74) is 1.12. The summed E-state index contributed by atoms with van der Waals surface area (Å²) in [7, 11) is 0. The quantitative estimate of drug-likeness (QED) is 0.842. The molecule has 7 heteroatoms. The second-order valence-corrected chi connectivity index (χ2v) is 4.57. The van der Waals surface area contributed by atoms with Crippen molar-refractivity contribution < 1.29 is 9.90 Å². The van der Waals surface area contributed by atoms with Gasteiger partial charge < -0.3 is 10.4 Å². The number of nitrogens with one attached hydrogen (secondary N) is 1. The summed E-state index contributed by atoms with van der Waals surface area (Å²) in [4.78, 5) is 14.8. The summed E-state index contributed by atoms with van der Waals surface area (Å²) >= 11 is 1.13. The number of carboxylic acids is 1. The maximum atomic E-state index is 10.6. The van der Waals surface area contributed by atoms with E-state index in [1.165, 1.54) is 6.20 Å². The molecule has 0 spiro atoms. The molecule has 2 N–H and O–H groups in total. The molecule has 0 saturated carbocycles. The zero-order valence-corrected chi connectivity index (χ0v) is 10.1. The first-order chi connectivity index (χ1) is 8.15. The Morgan fingerprint density at radius 3 is 3.00 bits per heavy atom. The molecule has 0 fully saturated rings. The Balaban J connectivity index is 1.83. The number of aryl methyl sites for hydroxylation is 1. The van der Waals surface area contributed by atoms with E-state index in [1.807, 2.05) is 17.8 Å². The predicted octanol–water partition coefficient (Wildman–Crippen LogP) is 1.46. The van der Waals surface area contributed by atoms with E-state index in [2.05, 4.69) is 15.4 Å². The van der Waals surface area contributed by atoms with Gasteiger partial charge in [-0.3, -0.25) is 4.68 Å². The highest BCUT2D eigenvalue weighted by Crippen LogP contribution is 2.17. The van der Waals surface area contributed by atoms with E-state index in [0.29, 0.717) is 11.7 Å². The van der Waals surface area contributed by atoms with Gasteiger partial charge in [0.05, 0.1) is 18.9 Å². The van der Waals surface area contributed by atoms with Crippen LogP contribution in [0, 0.1) is 6.92 Å². The molecule has 0 amide bonds. The van der Waals surface area contributed by atoms with E-state index in [4.69, 9.17) is 5.11 Å². The first kappa shape index (κ1) is 11.6. The number of hydrogen-bond donors (Lipinski definition) is 2. The lowest BCUT2D eigenvalue weighted by molar-refractivity contribution is 0.0702. The van der Waals surface area contributed by atoms with Crippen LogP contribution in [0.15, 0.2) is 18.6 Å². The average molecular weight is 252 g/mol. The molecule has 2 aromatic heterocycles. The van der Waals surface area contributed by atoms with E-state index < -0.39 is 5.97 Å². The van der Waals surface area contributed by atoms with Crippen LogP contribution in [0.5, 0.6) is 0 Å². The molecule has 0 radical (unpaired) electrons. The topological polar surface area (TPSA) is 80.0 Å². The number of hydrogen-bond acceptors (Lipinski definition) is 5. The highest BCUT2D eigenvalue weighted by atomic mass is 32.1. The van der Waals surface area contributed by atoms with Crippen molar-refractivity contribution in [2.45, 2.75) is 13.5 Å². The van der Waals surface area contributed by atoms with Crippen molar-refractivity contribution in [2.24, 2.45) is 0 Å². The summed E-state index contributed by atoms with van der Waals surface area (Å²) in [6.45, 7) is 3.36. The van der Waals surface area contributed by atoms with Crippen LogP contribution in [0.3, 0.4) is 0 Å². The smallest absolute Gasteiger partial charge is 0.347 e. The predicted molar refractivity (Wildman–Crippen MR) is 64.5 cm³/mol. The van der Waals surface area contributed by atoms with Crippen LogP contribution in [0.4, 0.5) is 5.13 Å². The maximum Gasteiger partial charge on any atom is 0.347 e. The molecule has 0 bridgehead atoms. The van der Waals surface area contributed by atoms with E-state index in [0.717, 1.165) is 23.4 Å². The van der Waals surface area contributed by atoms with Gasteiger partial charge in [0, 0.05) is 12.7 Å². The maximum absolute atomic E-state index is 10.6. The van der Waals surface area contributed by atoms with Gasteiger partial charge in [-0.2, -0.15) is 5.10 Å². The van der Waals surface area contributed by atoms with Gasteiger partial charge in [-0.05, 0) is 12.5 Å². The number of carbonyl (C=O) groups is 1. The molecule has 0 aromatic carbocycles. The van der Waals surface area contributed by atoms with E-state index in [-0.39, 0.29) is 4.88 Å². The van der Waals surface area contributed by atoms with Crippen LogP contribution in [0.1, 0.15) is 15.2 Å². The Morgan fingerprint density at radius 1 is 1.59 bits per heavy atom. The number of aromatic carboxylic acids is 1. The zero-order chi connectivity index (χ0) is 12.3. The number of anilines is 1. The van der Waals surface area contributed by atoms with Gasteiger partial charge >= 0.3 is 5.97 Å². The van der Waals surface area contributed by atoms with Crippen molar-refractivity contribution >= 4 is 22.4 Å².